The molecule has 9 heteroatoms. The lowest BCUT2D eigenvalue weighted by Crippen LogP contribution is -2.50. The number of carbonyl (C=O) groups is 1. The topological polar surface area (TPSA) is 76.2 Å². The monoisotopic (exact) mass is 508 g/mol. The number of amides is 1. The first-order valence-electron chi connectivity index (χ1n) is 13.5. The number of hydrogen-bond donors (Lipinski definition) is 1. The minimum absolute atomic E-state index is 0.0800. The lowest BCUT2D eigenvalue weighted by Gasteiger charge is -2.38. The summed E-state index contributed by atoms with van der Waals surface area (Å²) in [5, 5.41) is 3.37. The molecule has 37 heavy (non-hydrogen) atoms. The minimum Gasteiger partial charge on any atom is -0.376 e. The Bertz CT molecular complexity index is 1200. The van der Waals surface area contributed by atoms with Gasteiger partial charge in [-0.25, -0.2) is 9.37 Å². The number of benzene rings is 1. The van der Waals surface area contributed by atoms with Crippen LogP contribution in [0.25, 0.3) is 0 Å². The molecule has 1 amide bonds. The van der Waals surface area contributed by atoms with Gasteiger partial charge in [0.2, 0.25) is 5.91 Å². The summed E-state index contributed by atoms with van der Waals surface area (Å²) in [6.45, 7) is 5.68. The maximum atomic E-state index is 14.2. The van der Waals surface area contributed by atoms with Crippen LogP contribution >= 0.6 is 0 Å². The number of nitrogens with one attached hydrogen (secondary N) is 1. The highest BCUT2D eigenvalue weighted by atomic mass is 19.1. The molecule has 4 fully saturated rings. The maximum absolute atomic E-state index is 14.2. The van der Waals surface area contributed by atoms with Crippen LogP contribution < -0.4 is 15.1 Å². The highest BCUT2D eigenvalue weighted by molar-refractivity contribution is 6.00. The van der Waals surface area contributed by atoms with E-state index < -0.39 is 5.82 Å². The molecule has 3 saturated heterocycles. The second kappa shape index (κ2) is 8.92. The molecular formula is C28H33FN4O4. The van der Waals surface area contributed by atoms with Crippen LogP contribution in [-0.2, 0) is 25.5 Å². The van der Waals surface area contributed by atoms with E-state index in [0.717, 1.165) is 42.7 Å². The van der Waals surface area contributed by atoms with Gasteiger partial charge in [-0.15, -0.1) is 0 Å². The number of carbonyl (C=O) groups excluding carboxylic acids is 1. The molecule has 196 valence electrons. The quantitative estimate of drug-likeness (QED) is 0.665. The smallest absolute Gasteiger partial charge is 0.230 e. The fourth-order valence-corrected chi connectivity index (χ4v) is 6.92. The van der Waals surface area contributed by atoms with Crippen molar-refractivity contribution in [3.63, 3.8) is 0 Å². The molecule has 1 aliphatic carbocycles. The van der Waals surface area contributed by atoms with Crippen LogP contribution in [0.4, 0.5) is 27.3 Å². The van der Waals surface area contributed by atoms with Crippen LogP contribution in [0.5, 0.6) is 0 Å². The van der Waals surface area contributed by atoms with Gasteiger partial charge >= 0.3 is 0 Å². The van der Waals surface area contributed by atoms with Gasteiger partial charge in [0, 0.05) is 17.2 Å². The Morgan fingerprint density at radius 2 is 1.84 bits per heavy atom. The van der Waals surface area contributed by atoms with Gasteiger partial charge in [-0.1, -0.05) is 0 Å². The summed E-state index contributed by atoms with van der Waals surface area (Å²) in [6, 6.07) is 8.06. The number of aromatic nitrogens is 1. The molecule has 5 aliphatic rings. The number of fused-ring (bicyclic) bond motifs is 2. The molecule has 1 N–H and O–H groups in total. The second-order valence-corrected chi connectivity index (χ2v) is 11.2. The van der Waals surface area contributed by atoms with E-state index in [4.69, 9.17) is 14.2 Å². The van der Waals surface area contributed by atoms with Crippen molar-refractivity contribution in [1.29, 1.82) is 0 Å². The van der Waals surface area contributed by atoms with Crippen molar-refractivity contribution in [1.82, 2.24) is 4.98 Å². The zero-order chi connectivity index (χ0) is 25.3. The Morgan fingerprint density at radius 3 is 2.54 bits per heavy atom. The molecule has 5 heterocycles. The SMILES string of the molecule is CC(C)O[C@H]1CC[C@H](C(=O)N2Cc3cc(F)cnc3Nc3ccc(N4[C@@H]5CO[C@H]6[C@@H]5OC[C@H]64)cc32)CC1. The second-order valence-electron chi connectivity index (χ2n) is 11.2. The van der Waals surface area contributed by atoms with Gasteiger partial charge in [0.25, 0.3) is 0 Å². The van der Waals surface area contributed by atoms with E-state index in [0.29, 0.717) is 24.6 Å². The van der Waals surface area contributed by atoms with E-state index in [1.807, 2.05) is 11.0 Å². The van der Waals surface area contributed by atoms with Gasteiger partial charge in [0.05, 0.1) is 61.6 Å². The van der Waals surface area contributed by atoms with Crippen molar-refractivity contribution < 1.29 is 23.4 Å². The average molecular weight is 509 g/mol. The minimum atomic E-state index is -0.407. The molecule has 2 aromatic rings. The number of morpholine rings is 2. The van der Waals surface area contributed by atoms with Gasteiger partial charge in [-0.2, -0.15) is 0 Å². The van der Waals surface area contributed by atoms with E-state index in [-0.39, 0.29) is 54.9 Å². The number of ether oxygens (including phenoxy) is 3. The third kappa shape index (κ3) is 3.90. The number of halogens is 1. The Morgan fingerprint density at radius 1 is 1.11 bits per heavy atom. The van der Waals surface area contributed by atoms with Gasteiger partial charge in [-0.3, -0.25) is 4.79 Å². The summed E-state index contributed by atoms with van der Waals surface area (Å²) in [5.74, 6) is 0.166. The molecular weight excluding hydrogens is 475 g/mol. The third-order valence-electron chi connectivity index (χ3n) is 8.55. The third-order valence-corrected chi connectivity index (χ3v) is 8.55. The molecule has 1 aromatic carbocycles. The van der Waals surface area contributed by atoms with Crippen LogP contribution in [0.3, 0.4) is 0 Å². The largest absolute Gasteiger partial charge is 0.376 e. The fraction of sp³-hybridized carbons (Fsp3) is 0.571. The van der Waals surface area contributed by atoms with Gasteiger partial charge < -0.3 is 29.3 Å². The first kappa shape index (κ1) is 23.4. The Labute approximate surface area is 216 Å². The van der Waals surface area contributed by atoms with E-state index in [1.54, 1.807) is 0 Å². The Hall–Kier alpha value is -2.75. The summed E-state index contributed by atoms with van der Waals surface area (Å²) < 4.78 is 32.1. The summed E-state index contributed by atoms with van der Waals surface area (Å²) in [6.07, 6.45) is 5.16. The molecule has 4 aliphatic heterocycles. The van der Waals surface area contributed by atoms with Crippen molar-refractivity contribution in [3.05, 3.63) is 41.8 Å². The number of nitrogens with zero attached hydrogens (tertiary/aromatic N) is 3. The zero-order valence-corrected chi connectivity index (χ0v) is 21.2. The summed E-state index contributed by atoms with van der Waals surface area (Å²) in [4.78, 5) is 22.6. The Kier molecular flexibility index (Phi) is 5.64. The van der Waals surface area contributed by atoms with E-state index in [2.05, 4.69) is 41.2 Å². The first-order chi connectivity index (χ1) is 18.0. The number of hydrogen-bond acceptors (Lipinski definition) is 7. The van der Waals surface area contributed by atoms with Crippen LogP contribution in [-0.4, -0.2) is 60.6 Å². The summed E-state index contributed by atoms with van der Waals surface area (Å²) in [7, 11) is 0. The maximum Gasteiger partial charge on any atom is 0.230 e. The lowest BCUT2D eigenvalue weighted by molar-refractivity contribution is -0.124. The van der Waals surface area contributed by atoms with Gasteiger partial charge in [0.15, 0.2) is 0 Å². The molecule has 0 radical (unpaired) electrons. The normalized spacial score (nSPS) is 31.8. The van der Waals surface area contributed by atoms with Crippen molar-refractivity contribution >= 4 is 28.8 Å². The van der Waals surface area contributed by atoms with Gasteiger partial charge in [-0.05, 0) is 63.8 Å². The molecule has 1 aromatic heterocycles. The standard InChI is InChI=1S/C28H33FN4O4/c1-15(2)37-20-6-3-16(4-7-20)28(34)32-12-17-9-18(29)11-30-27(17)31-21-8-5-19(10-22(21)32)33-23-13-35-26-24(33)14-36-25(23)26/h5,8-11,15-16,20,23-26H,3-4,6-7,12-14H2,1-2H3,(H,30,31)/t16-,20-,23-,24-,25-,26-/m1/s1. The molecule has 4 atom stereocenters. The lowest BCUT2D eigenvalue weighted by atomic mass is 9.86. The molecule has 1 saturated carbocycles. The van der Waals surface area contributed by atoms with Crippen LogP contribution in [0.2, 0.25) is 0 Å². The number of rotatable bonds is 4. The fourth-order valence-electron chi connectivity index (χ4n) is 6.92. The van der Waals surface area contributed by atoms with Crippen LogP contribution in [0.15, 0.2) is 30.5 Å². The average Bonchev–Trinajstić information content (AvgIpc) is 3.54. The highest BCUT2D eigenvalue weighted by Crippen LogP contribution is 2.46. The summed E-state index contributed by atoms with van der Waals surface area (Å²) >= 11 is 0. The number of anilines is 4. The van der Waals surface area contributed by atoms with E-state index in [1.165, 1.54) is 12.3 Å². The highest BCUT2D eigenvalue weighted by Gasteiger charge is 2.60. The molecule has 7 rings (SSSR count). The zero-order valence-electron chi connectivity index (χ0n) is 21.2. The molecule has 8 nitrogen and oxygen atoms in total. The molecule has 0 unspecified atom stereocenters. The molecule has 4 bridgehead atoms. The molecule has 0 spiro atoms. The predicted molar refractivity (Wildman–Crippen MR) is 137 cm³/mol. The Balaban J connectivity index is 1.22. The van der Waals surface area contributed by atoms with Crippen molar-refractivity contribution in [2.24, 2.45) is 5.92 Å². The van der Waals surface area contributed by atoms with Crippen LogP contribution in [0.1, 0.15) is 45.1 Å². The van der Waals surface area contributed by atoms with E-state index in [9.17, 15) is 9.18 Å². The van der Waals surface area contributed by atoms with E-state index >= 15 is 0 Å². The first-order valence-corrected chi connectivity index (χ1v) is 13.5. The number of pyridine rings is 1. The van der Waals surface area contributed by atoms with Crippen LogP contribution in [0, 0.1) is 11.7 Å². The van der Waals surface area contributed by atoms with Crippen molar-refractivity contribution in [3.8, 4) is 0 Å². The van der Waals surface area contributed by atoms with Gasteiger partial charge in [0.1, 0.15) is 23.8 Å². The van der Waals surface area contributed by atoms with Crippen molar-refractivity contribution in [2.45, 2.75) is 82.6 Å². The van der Waals surface area contributed by atoms with Crippen molar-refractivity contribution in [2.75, 3.05) is 28.3 Å². The summed E-state index contributed by atoms with van der Waals surface area (Å²) in [5.41, 5.74) is 3.34. The predicted octanol–water partition coefficient (Wildman–Crippen LogP) is 4.15.